The summed E-state index contributed by atoms with van der Waals surface area (Å²) in [7, 11) is 1.54. The minimum absolute atomic E-state index is 0.153. The maximum Gasteiger partial charge on any atom is 0.303 e. The number of nitrogens with one attached hydrogen (secondary N) is 1. The van der Waals surface area contributed by atoms with Crippen molar-refractivity contribution >= 4 is 29.2 Å². The summed E-state index contributed by atoms with van der Waals surface area (Å²) in [5.41, 5.74) is 0.852. The van der Waals surface area contributed by atoms with E-state index in [1.165, 1.54) is 0 Å². The van der Waals surface area contributed by atoms with Crippen molar-refractivity contribution in [3.8, 4) is 5.75 Å². The lowest BCUT2D eigenvalue weighted by molar-refractivity contribution is -0.137. The highest BCUT2D eigenvalue weighted by Gasteiger charge is 2.09. The number of carboxylic acids is 1. The third kappa shape index (κ3) is 4.72. The number of methoxy groups -OCH3 is 1. The van der Waals surface area contributed by atoms with Crippen LogP contribution in [-0.4, -0.2) is 24.7 Å². The highest BCUT2D eigenvalue weighted by Crippen LogP contribution is 2.31. The van der Waals surface area contributed by atoms with E-state index in [1.807, 2.05) is 0 Å². The first-order valence-electron chi connectivity index (χ1n) is 5.49. The molecule has 0 fully saturated rings. The van der Waals surface area contributed by atoms with Gasteiger partial charge in [0, 0.05) is 23.6 Å². The largest absolute Gasteiger partial charge is 0.495 e. The number of aliphatic carboxylic acids is 1. The summed E-state index contributed by atoms with van der Waals surface area (Å²) in [6.07, 6.45) is 0.729. The van der Waals surface area contributed by atoms with E-state index in [0.29, 0.717) is 35.3 Å². The topological polar surface area (TPSA) is 58.6 Å². The molecule has 1 aromatic carbocycles. The Hall–Kier alpha value is -0.970. The fourth-order valence-corrected chi connectivity index (χ4v) is 2.17. The van der Waals surface area contributed by atoms with Gasteiger partial charge in [0.25, 0.3) is 0 Å². The molecule has 2 N–H and O–H groups in total. The second kappa shape index (κ2) is 7.46. The Bertz CT molecular complexity index is 424. The van der Waals surface area contributed by atoms with Crippen molar-refractivity contribution in [3.63, 3.8) is 0 Å². The molecule has 0 aliphatic carbocycles. The van der Waals surface area contributed by atoms with E-state index < -0.39 is 5.97 Å². The molecule has 0 spiro atoms. The Morgan fingerprint density at radius 3 is 2.78 bits per heavy atom. The molecule has 100 valence electrons. The Labute approximate surface area is 116 Å². The van der Waals surface area contributed by atoms with Gasteiger partial charge in [-0.1, -0.05) is 23.2 Å². The molecule has 18 heavy (non-hydrogen) atoms. The second-order valence-corrected chi connectivity index (χ2v) is 4.60. The van der Waals surface area contributed by atoms with Crippen LogP contribution in [0.4, 0.5) is 0 Å². The van der Waals surface area contributed by atoms with Crippen LogP contribution in [0.3, 0.4) is 0 Å². The summed E-state index contributed by atoms with van der Waals surface area (Å²) in [6.45, 7) is 1.14. The van der Waals surface area contributed by atoms with E-state index in [1.54, 1.807) is 19.2 Å². The van der Waals surface area contributed by atoms with Crippen LogP contribution < -0.4 is 10.1 Å². The van der Waals surface area contributed by atoms with Crippen molar-refractivity contribution in [1.29, 1.82) is 0 Å². The van der Waals surface area contributed by atoms with E-state index in [0.717, 1.165) is 5.56 Å². The average Bonchev–Trinajstić information content (AvgIpc) is 2.27. The second-order valence-electron chi connectivity index (χ2n) is 3.75. The summed E-state index contributed by atoms with van der Waals surface area (Å²) in [5, 5.41) is 12.6. The molecule has 0 amide bonds. The first-order valence-corrected chi connectivity index (χ1v) is 6.24. The van der Waals surface area contributed by atoms with Crippen LogP contribution in [0.2, 0.25) is 10.0 Å². The predicted octanol–water partition coefficient (Wildman–Crippen LogP) is 2.96. The van der Waals surface area contributed by atoms with Crippen molar-refractivity contribution in [2.75, 3.05) is 13.7 Å². The third-order valence-electron chi connectivity index (χ3n) is 2.35. The molecule has 0 unspecified atom stereocenters. The SMILES string of the molecule is COc1c(Cl)cc(Cl)cc1CNCCCC(=O)O. The van der Waals surface area contributed by atoms with E-state index in [-0.39, 0.29) is 6.42 Å². The molecule has 0 atom stereocenters. The average molecular weight is 292 g/mol. The van der Waals surface area contributed by atoms with Crippen molar-refractivity contribution in [1.82, 2.24) is 5.32 Å². The van der Waals surface area contributed by atoms with E-state index >= 15 is 0 Å². The smallest absolute Gasteiger partial charge is 0.303 e. The van der Waals surface area contributed by atoms with Gasteiger partial charge in [-0.3, -0.25) is 4.79 Å². The van der Waals surface area contributed by atoms with Crippen molar-refractivity contribution in [2.45, 2.75) is 19.4 Å². The van der Waals surface area contributed by atoms with Gasteiger partial charge in [-0.25, -0.2) is 0 Å². The summed E-state index contributed by atoms with van der Waals surface area (Å²) in [5.74, 6) is -0.202. The number of carbonyl (C=O) groups is 1. The number of hydrogen-bond donors (Lipinski definition) is 2. The summed E-state index contributed by atoms with van der Waals surface area (Å²) >= 11 is 11.9. The van der Waals surface area contributed by atoms with E-state index in [4.69, 9.17) is 33.0 Å². The van der Waals surface area contributed by atoms with Crippen LogP contribution >= 0.6 is 23.2 Å². The maximum atomic E-state index is 10.3. The maximum absolute atomic E-state index is 10.3. The lowest BCUT2D eigenvalue weighted by Crippen LogP contribution is -2.16. The van der Waals surface area contributed by atoms with Crippen molar-refractivity contribution < 1.29 is 14.6 Å². The van der Waals surface area contributed by atoms with Crippen molar-refractivity contribution in [2.24, 2.45) is 0 Å². The van der Waals surface area contributed by atoms with Gasteiger partial charge < -0.3 is 15.2 Å². The Morgan fingerprint density at radius 1 is 1.44 bits per heavy atom. The van der Waals surface area contributed by atoms with Crippen LogP contribution in [0.5, 0.6) is 5.75 Å². The molecule has 1 aromatic rings. The Kier molecular flexibility index (Phi) is 6.25. The molecular weight excluding hydrogens is 277 g/mol. The fourth-order valence-electron chi connectivity index (χ4n) is 1.56. The fraction of sp³-hybridized carbons (Fsp3) is 0.417. The number of rotatable bonds is 7. The number of halogens is 2. The summed E-state index contributed by atoms with van der Waals surface area (Å²) in [4.78, 5) is 10.3. The van der Waals surface area contributed by atoms with Gasteiger partial charge in [-0.15, -0.1) is 0 Å². The minimum atomic E-state index is -0.791. The van der Waals surface area contributed by atoms with Gasteiger partial charge in [0.15, 0.2) is 0 Å². The molecule has 0 heterocycles. The molecule has 0 radical (unpaired) electrons. The standard InChI is InChI=1S/C12H15Cl2NO3/c1-18-12-8(5-9(13)6-10(12)14)7-15-4-2-3-11(16)17/h5-6,15H,2-4,7H2,1H3,(H,16,17). The summed E-state index contributed by atoms with van der Waals surface area (Å²) in [6, 6.07) is 3.40. The lowest BCUT2D eigenvalue weighted by atomic mass is 10.2. The molecule has 6 heteroatoms. The van der Waals surface area contributed by atoms with Gasteiger partial charge in [-0.2, -0.15) is 0 Å². The molecule has 0 saturated carbocycles. The zero-order chi connectivity index (χ0) is 13.5. The monoisotopic (exact) mass is 291 g/mol. The molecule has 0 saturated heterocycles. The van der Waals surface area contributed by atoms with Crippen LogP contribution in [-0.2, 0) is 11.3 Å². The zero-order valence-electron chi connectivity index (χ0n) is 10.0. The molecular formula is C12H15Cl2NO3. The minimum Gasteiger partial charge on any atom is -0.495 e. The normalized spacial score (nSPS) is 10.4. The number of ether oxygens (including phenoxy) is 1. The third-order valence-corrected chi connectivity index (χ3v) is 2.85. The quantitative estimate of drug-likeness (QED) is 0.759. The van der Waals surface area contributed by atoms with E-state index in [2.05, 4.69) is 5.32 Å². The molecule has 0 aliphatic rings. The highest BCUT2D eigenvalue weighted by molar-refractivity contribution is 6.35. The highest BCUT2D eigenvalue weighted by atomic mass is 35.5. The van der Waals surface area contributed by atoms with Crippen LogP contribution in [0.1, 0.15) is 18.4 Å². The van der Waals surface area contributed by atoms with Gasteiger partial charge >= 0.3 is 5.97 Å². The lowest BCUT2D eigenvalue weighted by Gasteiger charge is -2.11. The van der Waals surface area contributed by atoms with Crippen LogP contribution in [0.25, 0.3) is 0 Å². The van der Waals surface area contributed by atoms with Gasteiger partial charge in [0.2, 0.25) is 0 Å². The Balaban J connectivity index is 2.53. The molecule has 0 aliphatic heterocycles. The predicted molar refractivity (Wildman–Crippen MR) is 71.6 cm³/mol. The van der Waals surface area contributed by atoms with Gasteiger partial charge in [0.05, 0.1) is 12.1 Å². The van der Waals surface area contributed by atoms with Crippen LogP contribution in [0, 0.1) is 0 Å². The first kappa shape index (κ1) is 15.1. The molecule has 0 aromatic heterocycles. The number of benzene rings is 1. The zero-order valence-corrected chi connectivity index (χ0v) is 11.5. The molecule has 0 bridgehead atoms. The van der Waals surface area contributed by atoms with E-state index in [9.17, 15) is 4.79 Å². The molecule has 4 nitrogen and oxygen atoms in total. The first-order chi connectivity index (χ1) is 8.54. The number of carboxylic acid groups (broad SMARTS) is 1. The summed E-state index contributed by atoms with van der Waals surface area (Å²) < 4.78 is 5.20. The van der Waals surface area contributed by atoms with Crippen molar-refractivity contribution in [3.05, 3.63) is 27.7 Å². The van der Waals surface area contributed by atoms with Crippen LogP contribution in [0.15, 0.2) is 12.1 Å². The Morgan fingerprint density at radius 2 is 2.17 bits per heavy atom. The van der Waals surface area contributed by atoms with Gasteiger partial charge in [-0.05, 0) is 25.1 Å². The number of hydrogen-bond acceptors (Lipinski definition) is 3. The van der Waals surface area contributed by atoms with Gasteiger partial charge in [0.1, 0.15) is 5.75 Å². The molecule has 1 rings (SSSR count).